The molecular weight excluding hydrogens is 589 g/mol. The molecule has 222 valence electrons. The molecule has 0 radical (unpaired) electrons. The lowest BCUT2D eigenvalue weighted by atomic mass is 9.89. The maximum atomic E-state index is 9.36. The molecule has 8 aromatic rings. The Kier molecular flexibility index (Phi) is 7.15. The summed E-state index contributed by atoms with van der Waals surface area (Å²) in [5.74, 6) is 0. The van der Waals surface area contributed by atoms with Crippen molar-refractivity contribution in [1.29, 1.82) is 10.5 Å². The number of hydrogen-bond acceptors (Lipinski definition) is 6. The van der Waals surface area contributed by atoms with Crippen molar-refractivity contribution in [3.63, 3.8) is 0 Å². The molecule has 8 rings (SSSR count). The molecule has 0 saturated carbocycles. The second-order valence-corrected chi connectivity index (χ2v) is 11.4. The average Bonchev–Trinajstić information content (AvgIpc) is 3.17. The summed E-state index contributed by atoms with van der Waals surface area (Å²) in [7, 11) is 0. The van der Waals surface area contributed by atoms with Gasteiger partial charge in [0.1, 0.15) is 12.1 Å². The number of hydrogen-bond donors (Lipinski definition) is 0. The maximum absolute atomic E-state index is 9.36. The number of rotatable bonds is 5. The average molecular weight is 613 g/mol. The number of fused-ring (bicyclic) bond motifs is 2. The molecule has 4 heterocycles. The van der Waals surface area contributed by atoms with Gasteiger partial charge in [-0.05, 0) is 69.1 Å². The fourth-order valence-electron chi connectivity index (χ4n) is 6.29. The zero-order valence-corrected chi connectivity index (χ0v) is 25.5. The van der Waals surface area contributed by atoms with Gasteiger partial charge in [0.05, 0.1) is 33.9 Å². The van der Waals surface area contributed by atoms with Crippen molar-refractivity contribution < 1.29 is 0 Å². The highest BCUT2D eigenvalue weighted by molar-refractivity contribution is 6.11. The van der Waals surface area contributed by atoms with Crippen LogP contribution in [0.1, 0.15) is 11.1 Å². The molecule has 0 aliphatic rings. The third kappa shape index (κ3) is 5.10. The molecule has 0 aliphatic heterocycles. The van der Waals surface area contributed by atoms with Crippen molar-refractivity contribution in [3.05, 3.63) is 157 Å². The molecule has 6 heteroatoms. The molecule has 0 fully saturated rings. The summed E-state index contributed by atoms with van der Waals surface area (Å²) in [5, 5.41) is 23.2. The first-order chi connectivity index (χ1) is 23.7. The first-order valence-corrected chi connectivity index (χ1v) is 15.4. The molecule has 0 spiro atoms. The van der Waals surface area contributed by atoms with Crippen LogP contribution in [-0.4, -0.2) is 19.9 Å². The van der Waals surface area contributed by atoms with Gasteiger partial charge in [0.2, 0.25) is 0 Å². The van der Waals surface area contributed by atoms with Gasteiger partial charge in [-0.25, -0.2) is 9.97 Å². The largest absolute Gasteiger partial charge is 0.263 e. The lowest BCUT2D eigenvalue weighted by Crippen LogP contribution is -1.93. The zero-order chi connectivity index (χ0) is 32.5. The molecule has 0 atom stereocenters. The van der Waals surface area contributed by atoms with Gasteiger partial charge < -0.3 is 0 Å². The SMILES string of the molecule is N#Cc1cncc(-c2cccc(-c3ccc(-c4ccc(-c5cccc(-c6cncc(C#N)c6)n5)c5ccccc45)c4ccccc34)n2)c1. The van der Waals surface area contributed by atoms with Crippen LogP contribution in [0.2, 0.25) is 0 Å². The highest BCUT2D eigenvalue weighted by Crippen LogP contribution is 2.40. The predicted octanol–water partition coefficient (Wildman–Crippen LogP) is 9.65. The van der Waals surface area contributed by atoms with Gasteiger partial charge in [-0.2, -0.15) is 10.5 Å². The molecule has 0 bridgehead atoms. The molecule has 0 saturated heterocycles. The molecule has 0 aliphatic carbocycles. The topological polar surface area (TPSA) is 99.1 Å². The second-order valence-electron chi connectivity index (χ2n) is 11.4. The Labute approximate surface area is 276 Å². The van der Waals surface area contributed by atoms with E-state index in [0.717, 1.165) is 77.7 Å². The van der Waals surface area contributed by atoms with Gasteiger partial charge in [0, 0.05) is 47.0 Å². The van der Waals surface area contributed by atoms with E-state index in [1.165, 1.54) is 0 Å². The summed E-state index contributed by atoms with van der Waals surface area (Å²) in [6, 6.07) is 45.4. The third-order valence-electron chi connectivity index (χ3n) is 8.51. The Morgan fingerprint density at radius 2 is 0.750 bits per heavy atom. The highest BCUT2D eigenvalue weighted by Gasteiger charge is 2.16. The van der Waals surface area contributed by atoms with Crippen LogP contribution < -0.4 is 0 Å². The number of pyridine rings is 4. The summed E-state index contributed by atoms with van der Waals surface area (Å²) in [5.41, 5.74) is 10.1. The third-order valence-corrected chi connectivity index (χ3v) is 8.51. The number of nitriles is 2. The summed E-state index contributed by atoms with van der Waals surface area (Å²) < 4.78 is 0. The van der Waals surface area contributed by atoms with E-state index in [1.807, 2.05) is 48.5 Å². The van der Waals surface area contributed by atoms with E-state index in [0.29, 0.717) is 11.1 Å². The van der Waals surface area contributed by atoms with Crippen molar-refractivity contribution in [2.24, 2.45) is 0 Å². The van der Waals surface area contributed by atoms with Crippen LogP contribution in [0.4, 0.5) is 0 Å². The van der Waals surface area contributed by atoms with E-state index in [4.69, 9.17) is 9.97 Å². The van der Waals surface area contributed by atoms with E-state index < -0.39 is 0 Å². The Balaban J connectivity index is 1.24. The molecule has 0 unspecified atom stereocenters. The van der Waals surface area contributed by atoms with Crippen LogP contribution in [-0.2, 0) is 0 Å². The van der Waals surface area contributed by atoms with Crippen molar-refractivity contribution in [1.82, 2.24) is 19.9 Å². The first kappa shape index (κ1) is 28.5. The van der Waals surface area contributed by atoms with Crippen LogP contribution in [0.25, 0.3) is 77.7 Å². The Morgan fingerprint density at radius 3 is 1.17 bits per heavy atom. The van der Waals surface area contributed by atoms with Crippen molar-refractivity contribution in [3.8, 4) is 68.3 Å². The Hall–Kier alpha value is -7.02. The Morgan fingerprint density at radius 1 is 0.375 bits per heavy atom. The van der Waals surface area contributed by atoms with Gasteiger partial charge in [0.15, 0.2) is 0 Å². The predicted molar refractivity (Wildman–Crippen MR) is 189 cm³/mol. The maximum Gasteiger partial charge on any atom is 0.101 e. The molecule has 0 N–H and O–H groups in total. The monoisotopic (exact) mass is 612 g/mol. The minimum absolute atomic E-state index is 0.499. The van der Waals surface area contributed by atoms with E-state index in [1.54, 1.807) is 24.8 Å². The van der Waals surface area contributed by atoms with Crippen LogP contribution in [0.3, 0.4) is 0 Å². The lowest BCUT2D eigenvalue weighted by molar-refractivity contribution is 1.27. The number of nitrogens with zero attached hydrogens (tertiary/aromatic N) is 6. The highest BCUT2D eigenvalue weighted by atomic mass is 14.7. The van der Waals surface area contributed by atoms with Gasteiger partial charge >= 0.3 is 0 Å². The summed E-state index contributed by atoms with van der Waals surface area (Å²) in [4.78, 5) is 18.4. The quantitative estimate of drug-likeness (QED) is 0.192. The molecule has 4 aromatic heterocycles. The van der Waals surface area contributed by atoms with E-state index >= 15 is 0 Å². The summed E-state index contributed by atoms with van der Waals surface area (Å²) in [6.07, 6.45) is 6.58. The van der Waals surface area contributed by atoms with Crippen molar-refractivity contribution >= 4 is 21.5 Å². The van der Waals surface area contributed by atoms with E-state index in [2.05, 4.69) is 94.9 Å². The van der Waals surface area contributed by atoms with Gasteiger partial charge in [-0.1, -0.05) is 84.9 Å². The van der Waals surface area contributed by atoms with Crippen molar-refractivity contribution in [2.75, 3.05) is 0 Å². The summed E-state index contributed by atoms with van der Waals surface area (Å²) >= 11 is 0. The van der Waals surface area contributed by atoms with Gasteiger partial charge in [0.25, 0.3) is 0 Å². The van der Waals surface area contributed by atoms with Gasteiger partial charge in [-0.15, -0.1) is 0 Å². The van der Waals surface area contributed by atoms with Gasteiger partial charge in [-0.3, -0.25) is 9.97 Å². The second kappa shape index (κ2) is 12.1. The zero-order valence-electron chi connectivity index (χ0n) is 25.5. The molecule has 0 amide bonds. The summed E-state index contributed by atoms with van der Waals surface area (Å²) in [6.45, 7) is 0. The fourth-order valence-corrected chi connectivity index (χ4v) is 6.29. The van der Waals surface area contributed by atoms with Crippen molar-refractivity contribution in [2.45, 2.75) is 0 Å². The minimum atomic E-state index is 0.499. The van der Waals surface area contributed by atoms with E-state index in [9.17, 15) is 10.5 Å². The first-order valence-electron chi connectivity index (χ1n) is 15.4. The fraction of sp³-hybridized carbons (Fsp3) is 0. The smallest absolute Gasteiger partial charge is 0.101 e. The van der Waals surface area contributed by atoms with Crippen LogP contribution in [0.5, 0.6) is 0 Å². The lowest BCUT2D eigenvalue weighted by Gasteiger charge is -2.16. The standard InChI is InChI=1S/C42H24N6/c43-21-27-19-29(25-45-23-27)39-11-5-13-41(47-39)37-17-15-35(31-7-1-3-9-33(31)37)36-16-18-38(34-10-4-2-8-32(34)36)42-14-6-12-40(48-42)30-20-28(22-44)24-46-26-30/h1-20,23-26H. The molecular formula is C42H24N6. The number of benzene rings is 4. The minimum Gasteiger partial charge on any atom is -0.263 e. The molecule has 48 heavy (non-hydrogen) atoms. The van der Waals surface area contributed by atoms with E-state index in [-0.39, 0.29) is 0 Å². The van der Waals surface area contributed by atoms with Crippen LogP contribution in [0, 0.1) is 22.7 Å². The van der Waals surface area contributed by atoms with Crippen LogP contribution in [0.15, 0.2) is 146 Å². The Bertz CT molecular complexity index is 2430. The van der Waals surface area contributed by atoms with Crippen LogP contribution >= 0.6 is 0 Å². The molecule has 4 aromatic carbocycles. The normalized spacial score (nSPS) is 10.9. The molecule has 6 nitrogen and oxygen atoms in total. The number of aromatic nitrogens is 4.